The van der Waals surface area contributed by atoms with Crippen LogP contribution in [0.1, 0.15) is 77.6 Å². The summed E-state index contributed by atoms with van der Waals surface area (Å²) < 4.78 is 0. The lowest BCUT2D eigenvalue weighted by atomic mass is 9.88. The Bertz CT molecular complexity index is 297. The maximum absolute atomic E-state index is 12.5. The molecule has 0 saturated heterocycles. The quantitative estimate of drug-likeness (QED) is 0.730. The van der Waals surface area contributed by atoms with E-state index >= 15 is 0 Å². The molecule has 0 aliphatic heterocycles. The topological polar surface area (TPSA) is 37.4 Å². The summed E-state index contributed by atoms with van der Waals surface area (Å²) in [6, 6.07) is 0.812. The van der Waals surface area contributed by atoms with E-state index in [0.29, 0.717) is 12.1 Å². The molecule has 0 radical (unpaired) electrons. The van der Waals surface area contributed by atoms with Crippen LogP contribution in [0, 0.1) is 0 Å². The molecule has 0 bridgehead atoms. The summed E-state index contributed by atoms with van der Waals surface area (Å²) in [5.41, 5.74) is 0. The summed E-state index contributed by atoms with van der Waals surface area (Å²) >= 11 is 0. The van der Waals surface area contributed by atoms with Crippen molar-refractivity contribution < 1.29 is 9.59 Å². The van der Waals surface area contributed by atoms with Crippen LogP contribution in [0.15, 0.2) is 0 Å². The second-order valence-electron chi connectivity index (χ2n) is 6.26. The summed E-state index contributed by atoms with van der Waals surface area (Å²) in [4.78, 5) is 25.9. The third-order valence-electron chi connectivity index (χ3n) is 4.62. The Labute approximate surface area is 116 Å². The van der Waals surface area contributed by atoms with Crippen molar-refractivity contribution in [2.24, 2.45) is 0 Å². The monoisotopic (exact) mass is 265 g/mol. The van der Waals surface area contributed by atoms with Gasteiger partial charge in [-0.15, -0.1) is 0 Å². The van der Waals surface area contributed by atoms with Crippen LogP contribution in [-0.2, 0) is 9.59 Å². The molecule has 2 aliphatic carbocycles. The van der Waals surface area contributed by atoms with E-state index < -0.39 is 0 Å². The molecule has 2 fully saturated rings. The third kappa shape index (κ3) is 4.05. The number of rotatable bonds is 4. The maximum Gasteiger partial charge on any atom is 0.230 e. The Kier molecular flexibility index (Phi) is 5.41. The normalized spacial score (nSPS) is 22.2. The largest absolute Gasteiger partial charge is 0.336 e. The van der Waals surface area contributed by atoms with E-state index in [2.05, 4.69) is 4.90 Å². The van der Waals surface area contributed by atoms with Crippen LogP contribution in [0.25, 0.3) is 0 Å². The van der Waals surface area contributed by atoms with Crippen LogP contribution in [0.3, 0.4) is 0 Å². The molecular formula is C16H27NO2. The average Bonchev–Trinajstić information content (AvgIpc) is 2.40. The first-order chi connectivity index (χ1) is 9.18. The fourth-order valence-corrected chi connectivity index (χ4v) is 3.73. The van der Waals surface area contributed by atoms with Gasteiger partial charge >= 0.3 is 0 Å². The van der Waals surface area contributed by atoms with E-state index in [9.17, 15) is 9.59 Å². The summed E-state index contributed by atoms with van der Waals surface area (Å²) in [7, 11) is 0. The summed E-state index contributed by atoms with van der Waals surface area (Å²) in [5, 5.41) is 0. The van der Waals surface area contributed by atoms with E-state index in [0.717, 1.165) is 25.7 Å². The van der Waals surface area contributed by atoms with Gasteiger partial charge in [0.2, 0.25) is 5.91 Å². The van der Waals surface area contributed by atoms with Gasteiger partial charge in [0, 0.05) is 12.1 Å². The van der Waals surface area contributed by atoms with Crippen LogP contribution in [0.4, 0.5) is 0 Å². The highest BCUT2D eigenvalue weighted by Crippen LogP contribution is 2.30. The summed E-state index contributed by atoms with van der Waals surface area (Å²) in [6.07, 6.45) is 12.2. The molecule has 108 valence electrons. The first kappa shape index (κ1) is 14.5. The lowest BCUT2D eigenvalue weighted by molar-refractivity contribution is -0.140. The highest BCUT2D eigenvalue weighted by atomic mass is 16.2. The van der Waals surface area contributed by atoms with Gasteiger partial charge in [-0.05, 0) is 32.6 Å². The van der Waals surface area contributed by atoms with Crippen LogP contribution >= 0.6 is 0 Å². The minimum atomic E-state index is 0.00150. The van der Waals surface area contributed by atoms with Crippen molar-refractivity contribution in [2.75, 3.05) is 0 Å². The van der Waals surface area contributed by atoms with Crippen molar-refractivity contribution in [3.8, 4) is 0 Å². The minimum Gasteiger partial charge on any atom is -0.336 e. The predicted molar refractivity (Wildman–Crippen MR) is 75.9 cm³/mol. The van der Waals surface area contributed by atoms with Gasteiger partial charge in [-0.25, -0.2) is 0 Å². The van der Waals surface area contributed by atoms with E-state index in [1.165, 1.54) is 45.4 Å². The molecule has 0 atom stereocenters. The number of ketones is 1. The number of hydrogen-bond acceptors (Lipinski definition) is 2. The molecule has 0 aromatic carbocycles. The van der Waals surface area contributed by atoms with Gasteiger partial charge in [-0.1, -0.05) is 38.5 Å². The van der Waals surface area contributed by atoms with Crippen molar-refractivity contribution in [3.05, 3.63) is 0 Å². The molecule has 0 aromatic heterocycles. The van der Waals surface area contributed by atoms with E-state index in [4.69, 9.17) is 0 Å². The van der Waals surface area contributed by atoms with Gasteiger partial charge in [0.25, 0.3) is 0 Å². The lowest BCUT2D eigenvalue weighted by Crippen LogP contribution is -2.49. The van der Waals surface area contributed by atoms with Gasteiger partial charge in [-0.3, -0.25) is 9.59 Å². The van der Waals surface area contributed by atoms with Crippen LogP contribution in [0.5, 0.6) is 0 Å². The zero-order valence-electron chi connectivity index (χ0n) is 12.2. The fourth-order valence-electron chi connectivity index (χ4n) is 3.73. The Morgan fingerprint density at radius 1 is 0.842 bits per heavy atom. The zero-order valence-corrected chi connectivity index (χ0v) is 12.2. The number of hydrogen-bond donors (Lipinski definition) is 0. The molecule has 2 saturated carbocycles. The smallest absolute Gasteiger partial charge is 0.230 e. The molecule has 19 heavy (non-hydrogen) atoms. The highest BCUT2D eigenvalue weighted by Gasteiger charge is 2.32. The first-order valence-electron chi connectivity index (χ1n) is 7.99. The molecule has 2 aliphatic rings. The molecule has 0 N–H and O–H groups in total. The van der Waals surface area contributed by atoms with E-state index in [-0.39, 0.29) is 18.1 Å². The molecule has 1 amide bonds. The Balaban J connectivity index is 2.06. The SMILES string of the molecule is CC(=O)CC(=O)N(C1CCCCC1)C1CCCCC1. The van der Waals surface area contributed by atoms with Gasteiger partial charge in [0.1, 0.15) is 5.78 Å². The Hall–Kier alpha value is -0.860. The van der Waals surface area contributed by atoms with Crippen LogP contribution in [0.2, 0.25) is 0 Å². The van der Waals surface area contributed by atoms with Gasteiger partial charge in [-0.2, -0.15) is 0 Å². The van der Waals surface area contributed by atoms with E-state index in [1.807, 2.05) is 0 Å². The maximum atomic E-state index is 12.5. The van der Waals surface area contributed by atoms with Gasteiger partial charge in [0.05, 0.1) is 6.42 Å². The number of carbonyl (C=O) groups excluding carboxylic acids is 2. The molecule has 2 rings (SSSR count). The predicted octanol–water partition coefficient (Wildman–Crippen LogP) is 3.46. The standard InChI is InChI=1S/C16H27NO2/c1-13(18)12-16(19)17(14-8-4-2-5-9-14)15-10-6-3-7-11-15/h14-15H,2-12H2,1H3. The molecule has 3 nitrogen and oxygen atoms in total. The average molecular weight is 265 g/mol. The van der Waals surface area contributed by atoms with Crippen molar-refractivity contribution in [3.63, 3.8) is 0 Å². The molecule has 0 aromatic rings. The third-order valence-corrected chi connectivity index (χ3v) is 4.62. The van der Waals surface area contributed by atoms with E-state index in [1.54, 1.807) is 0 Å². The molecule has 0 spiro atoms. The molecular weight excluding hydrogens is 238 g/mol. The molecule has 0 heterocycles. The second kappa shape index (κ2) is 7.06. The molecule has 3 heteroatoms. The first-order valence-corrected chi connectivity index (χ1v) is 7.99. The second-order valence-corrected chi connectivity index (χ2v) is 6.26. The number of Topliss-reactive ketones (excluding diaryl/α,β-unsaturated/α-hetero) is 1. The van der Waals surface area contributed by atoms with Gasteiger partial charge < -0.3 is 4.90 Å². The number of nitrogens with zero attached hydrogens (tertiary/aromatic N) is 1. The van der Waals surface area contributed by atoms with Crippen molar-refractivity contribution >= 4 is 11.7 Å². The van der Waals surface area contributed by atoms with Gasteiger partial charge in [0.15, 0.2) is 0 Å². The van der Waals surface area contributed by atoms with Crippen molar-refractivity contribution in [2.45, 2.75) is 89.6 Å². The van der Waals surface area contributed by atoms with Crippen LogP contribution < -0.4 is 0 Å². The Morgan fingerprint density at radius 3 is 1.63 bits per heavy atom. The number of carbonyl (C=O) groups is 2. The fraction of sp³-hybridized carbons (Fsp3) is 0.875. The number of amides is 1. The summed E-state index contributed by atoms with van der Waals surface area (Å²) in [6.45, 7) is 1.53. The van der Waals surface area contributed by atoms with Crippen molar-refractivity contribution in [1.29, 1.82) is 0 Å². The summed E-state index contributed by atoms with van der Waals surface area (Å²) in [5.74, 6) is 0.0907. The van der Waals surface area contributed by atoms with Crippen LogP contribution in [-0.4, -0.2) is 28.7 Å². The lowest BCUT2D eigenvalue weighted by Gasteiger charge is -2.41. The Morgan fingerprint density at radius 2 is 1.26 bits per heavy atom. The molecule has 0 unspecified atom stereocenters. The highest BCUT2D eigenvalue weighted by molar-refractivity contribution is 5.97. The van der Waals surface area contributed by atoms with Crippen molar-refractivity contribution in [1.82, 2.24) is 4.90 Å². The zero-order chi connectivity index (χ0) is 13.7. The minimum absolute atomic E-state index is 0.00150.